The molecule has 3 aromatic rings. The highest BCUT2D eigenvalue weighted by molar-refractivity contribution is 8.01. The first-order chi connectivity index (χ1) is 19.0. The molecule has 2 fully saturated rings. The number of carbonyl (C=O) groups excluding carboxylic acids is 2. The van der Waals surface area contributed by atoms with Crippen molar-refractivity contribution in [3.8, 4) is 11.5 Å². The Balaban J connectivity index is 1.23. The maximum absolute atomic E-state index is 13.2. The fourth-order valence-electron chi connectivity index (χ4n) is 4.75. The summed E-state index contributed by atoms with van der Waals surface area (Å²) in [5.41, 5.74) is 2.07. The summed E-state index contributed by atoms with van der Waals surface area (Å²) in [6, 6.07) is 11.0. The van der Waals surface area contributed by atoms with E-state index >= 15 is 0 Å². The number of aryl methyl sites for hydroxylation is 1. The Hall–Kier alpha value is -3.08. The van der Waals surface area contributed by atoms with Crippen LogP contribution in [0.15, 0.2) is 51.7 Å². The molecular formula is C29H33N3O5S2. The molecule has 0 spiro atoms. The van der Waals surface area contributed by atoms with Crippen molar-refractivity contribution in [2.24, 2.45) is 0 Å². The highest BCUT2D eigenvalue weighted by Gasteiger charge is 2.23. The van der Waals surface area contributed by atoms with E-state index in [4.69, 9.17) is 14.2 Å². The number of hydrogen-bond donors (Lipinski definition) is 1. The van der Waals surface area contributed by atoms with E-state index in [1.807, 2.05) is 31.2 Å². The number of anilines is 1. The highest BCUT2D eigenvalue weighted by Crippen LogP contribution is 2.38. The quantitative estimate of drug-likeness (QED) is 0.355. The van der Waals surface area contributed by atoms with Crippen LogP contribution in [0.25, 0.3) is 0 Å². The molecule has 10 heteroatoms. The molecule has 1 saturated heterocycles. The van der Waals surface area contributed by atoms with Gasteiger partial charge in [-0.15, -0.1) is 0 Å². The number of methoxy groups -OCH3 is 1. The van der Waals surface area contributed by atoms with E-state index in [-0.39, 0.29) is 17.9 Å². The van der Waals surface area contributed by atoms with Gasteiger partial charge in [-0.2, -0.15) is 0 Å². The Morgan fingerprint density at radius 1 is 1.10 bits per heavy atom. The van der Waals surface area contributed by atoms with E-state index in [9.17, 15) is 9.59 Å². The molecule has 1 N–H and O–H groups in total. The van der Waals surface area contributed by atoms with E-state index in [0.717, 1.165) is 33.3 Å². The minimum atomic E-state index is -0.218. The summed E-state index contributed by atoms with van der Waals surface area (Å²) in [5, 5.41) is 3.41. The number of carbonyl (C=O) groups is 2. The molecule has 5 rings (SSSR count). The third-order valence-corrected chi connectivity index (χ3v) is 9.09. The molecule has 8 nitrogen and oxygen atoms in total. The van der Waals surface area contributed by atoms with Crippen LogP contribution in [0, 0.1) is 6.92 Å². The Bertz CT molecular complexity index is 1300. The number of benzene rings is 2. The normalized spacial score (nSPS) is 16.1. The van der Waals surface area contributed by atoms with E-state index in [1.54, 1.807) is 30.3 Å². The van der Waals surface area contributed by atoms with Gasteiger partial charge >= 0.3 is 0 Å². The zero-order valence-electron chi connectivity index (χ0n) is 22.2. The first-order valence-electron chi connectivity index (χ1n) is 13.3. The van der Waals surface area contributed by atoms with E-state index in [2.05, 4.69) is 10.3 Å². The largest absolute Gasteiger partial charge is 0.496 e. The van der Waals surface area contributed by atoms with Crippen molar-refractivity contribution in [3.05, 3.63) is 59.3 Å². The standard InChI is InChI=1S/C29H33N3O5S2/c1-19-16-24(35-2)23(28(34)32-12-14-36-15-13-32)17-25(19)38-26-18-30-29(39-26)31-27(33)20-8-10-22(11-9-20)37-21-6-4-3-5-7-21/h8-11,16-18,21H,3-7,12-15H2,1-2H3,(H,30,31,33). The Labute approximate surface area is 237 Å². The SMILES string of the molecule is COc1cc(C)c(Sc2cnc(NC(=O)c3ccc(OC4CCCCC4)cc3)s2)cc1C(=O)N1CCOCC1. The monoisotopic (exact) mass is 567 g/mol. The van der Waals surface area contributed by atoms with Crippen LogP contribution < -0.4 is 14.8 Å². The second-order valence-corrected chi connectivity index (χ2v) is 12.0. The van der Waals surface area contributed by atoms with Gasteiger partial charge in [-0.3, -0.25) is 14.9 Å². The molecule has 1 aliphatic heterocycles. The van der Waals surface area contributed by atoms with E-state index in [0.29, 0.717) is 48.3 Å². The van der Waals surface area contributed by atoms with Gasteiger partial charge < -0.3 is 19.1 Å². The number of aromatic nitrogens is 1. The zero-order valence-corrected chi connectivity index (χ0v) is 23.9. The lowest BCUT2D eigenvalue weighted by molar-refractivity contribution is 0.0300. The minimum Gasteiger partial charge on any atom is -0.496 e. The average Bonchev–Trinajstić information content (AvgIpc) is 3.41. The first-order valence-corrected chi connectivity index (χ1v) is 14.9. The second-order valence-electron chi connectivity index (χ2n) is 9.67. The number of hydrogen-bond acceptors (Lipinski definition) is 8. The lowest BCUT2D eigenvalue weighted by Crippen LogP contribution is -2.40. The predicted molar refractivity (Wildman–Crippen MR) is 153 cm³/mol. The second kappa shape index (κ2) is 12.8. The first kappa shape index (κ1) is 27.5. The highest BCUT2D eigenvalue weighted by atomic mass is 32.2. The summed E-state index contributed by atoms with van der Waals surface area (Å²) < 4.78 is 17.9. The maximum atomic E-state index is 13.2. The fraction of sp³-hybridized carbons (Fsp3) is 0.414. The van der Waals surface area contributed by atoms with Gasteiger partial charge in [-0.25, -0.2) is 4.98 Å². The van der Waals surface area contributed by atoms with Crippen LogP contribution >= 0.6 is 23.1 Å². The van der Waals surface area contributed by atoms with Crippen LogP contribution in [0.5, 0.6) is 11.5 Å². The van der Waals surface area contributed by atoms with Crippen molar-refractivity contribution in [3.63, 3.8) is 0 Å². The third-order valence-electron chi connectivity index (χ3n) is 6.91. The number of morpholine rings is 1. The molecule has 1 saturated carbocycles. The molecule has 1 aromatic heterocycles. The van der Waals surface area contributed by atoms with Crippen molar-refractivity contribution in [2.75, 3.05) is 38.7 Å². The molecule has 2 amide bonds. The number of nitrogens with one attached hydrogen (secondary N) is 1. The molecule has 2 aliphatic rings. The van der Waals surface area contributed by atoms with Crippen molar-refractivity contribution < 1.29 is 23.8 Å². The van der Waals surface area contributed by atoms with Crippen LogP contribution in [-0.4, -0.2) is 61.2 Å². The zero-order chi connectivity index (χ0) is 27.2. The molecule has 0 atom stereocenters. The number of amides is 2. The molecule has 0 radical (unpaired) electrons. The lowest BCUT2D eigenvalue weighted by atomic mass is 9.98. The van der Waals surface area contributed by atoms with Gasteiger partial charge in [-0.1, -0.05) is 29.5 Å². The molecule has 206 valence electrons. The van der Waals surface area contributed by atoms with Gasteiger partial charge in [-0.05, 0) is 74.6 Å². The molecule has 2 aromatic carbocycles. The van der Waals surface area contributed by atoms with E-state index in [1.165, 1.54) is 42.4 Å². The molecule has 1 aliphatic carbocycles. The smallest absolute Gasteiger partial charge is 0.257 e. The summed E-state index contributed by atoms with van der Waals surface area (Å²) in [5.74, 6) is 1.07. The predicted octanol–water partition coefficient (Wildman–Crippen LogP) is 6.05. The van der Waals surface area contributed by atoms with Crippen LogP contribution in [-0.2, 0) is 4.74 Å². The maximum Gasteiger partial charge on any atom is 0.257 e. The number of ether oxygens (including phenoxy) is 3. The van der Waals surface area contributed by atoms with Crippen molar-refractivity contribution in [1.29, 1.82) is 0 Å². The van der Waals surface area contributed by atoms with Gasteiger partial charge in [0.1, 0.15) is 11.5 Å². The average molecular weight is 568 g/mol. The number of thiazole rings is 1. The van der Waals surface area contributed by atoms with Gasteiger partial charge in [0.2, 0.25) is 0 Å². The van der Waals surface area contributed by atoms with Gasteiger partial charge in [0.25, 0.3) is 11.8 Å². The minimum absolute atomic E-state index is 0.0654. The van der Waals surface area contributed by atoms with Crippen LogP contribution in [0.3, 0.4) is 0 Å². The summed E-state index contributed by atoms with van der Waals surface area (Å²) in [6.45, 7) is 4.18. The fourth-order valence-corrected chi connectivity index (χ4v) is 6.68. The van der Waals surface area contributed by atoms with Gasteiger partial charge in [0.05, 0.1) is 42.4 Å². The van der Waals surface area contributed by atoms with E-state index < -0.39 is 0 Å². The molecule has 0 bridgehead atoms. The Morgan fingerprint density at radius 3 is 2.56 bits per heavy atom. The van der Waals surface area contributed by atoms with Crippen molar-refractivity contribution in [1.82, 2.24) is 9.88 Å². The molecule has 2 heterocycles. The van der Waals surface area contributed by atoms with Crippen molar-refractivity contribution in [2.45, 2.75) is 54.2 Å². The summed E-state index contributed by atoms with van der Waals surface area (Å²) in [4.78, 5) is 33.1. The van der Waals surface area contributed by atoms with Crippen LogP contribution in [0.4, 0.5) is 5.13 Å². The number of rotatable bonds is 8. The summed E-state index contributed by atoms with van der Waals surface area (Å²) in [6.07, 6.45) is 7.90. The van der Waals surface area contributed by atoms with Crippen LogP contribution in [0.1, 0.15) is 58.4 Å². The van der Waals surface area contributed by atoms with Gasteiger partial charge in [0.15, 0.2) is 5.13 Å². The van der Waals surface area contributed by atoms with Gasteiger partial charge in [0, 0.05) is 23.5 Å². The summed E-state index contributed by atoms with van der Waals surface area (Å²) >= 11 is 2.90. The number of nitrogens with zero attached hydrogens (tertiary/aromatic N) is 2. The lowest BCUT2D eigenvalue weighted by Gasteiger charge is -2.27. The Kier molecular flexibility index (Phi) is 9.06. The third kappa shape index (κ3) is 6.93. The molecular weight excluding hydrogens is 534 g/mol. The Morgan fingerprint density at radius 2 is 1.85 bits per heavy atom. The molecule has 39 heavy (non-hydrogen) atoms. The van der Waals surface area contributed by atoms with Crippen molar-refractivity contribution >= 4 is 40.0 Å². The molecule has 0 unspecified atom stereocenters. The topological polar surface area (TPSA) is 90.0 Å². The van der Waals surface area contributed by atoms with Crippen LogP contribution in [0.2, 0.25) is 0 Å². The summed E-state index contributed by atoms with van der Waals surface area (Å²) in [7, 11) is 1.58.